The van der Waals surface area contributed by atoms with Crippen LogP contribution < -0.4 is 9.47 Å². The summed E-state index contributed by atoms with van der Waals surface area (Å²) in [6.45, 7) is 0.127. The first-order valence-corrected chi connectivity index (χ1v) is 14.0. The number of nitrogens with zero attached hydrogens (tertiary/aromatic N) is 2. The van der Waals surface area contributed by atoms with E-state index in [1.165, 1.54) is 38.5 Å². The first-order valence-electron chi connectivity index (χ1n) is 13.1. The summed E-state index contributed by atoms with van der Waals surface area (Å²) < 4.78 is 73.0. The zero-order valence-electron chi connectivity index (χ0n) is 23.4. The van der Waals surface area contributed by atoms with Crippen molar-refractivity contribution in [3.05, 3.63) is 130 Å². The molecule has 0 radical (unpaired) electrons. The molecule has 0 aromatic heterocycles. The number of benzene rings is 4. The van der Waals surface area contributed by atoms with Crippen molar-refractivity contribution >= 4 is 28.7 Å². The van der Waals surface area contributed by atoms with Crippen molar-refractivity contribution in [1.82, 2.24) is 5.01 Å². The van der Waals surface area contributed by atoms with Crippen LogP contribution in [0, 0.1) is 23.3 Å². The Morgan fingerprint density at radius 1 is 0.864 bits per heavy atom. The summed E-state index contributed by atoms with van der Waals surface area (Å²) in [7, 11) is 2.72. The van der Waals surface area contributed by atoms with Gasteiger partial charge in [0.25, 0.3) is 5.91 Å². The van der Waals surface area contributed by atoms with Gasteiger partial charge in [0.05, 0.1) is 20.6 Å². The number of methoxy groups -OCH3 is 2. The largest absolute Gasteiger partial charge is 0.492 e. The van der Waals surface area contributed by atoms with Gasteiger partial charge in [0.15, 0.2) is 11.5 Å². The van der Waals surface area contributed by atoms with Crippen LogP contribution in [0.1, 0.15) is 38.0 Å². The standard InChI is InChI=1S/C32H24F4N2O5S/c1-41-27(39)14-18-6-8-19(9-7-18)17-43-26-5-3-4-23(29(26)42-2)32-38(31(40)28-24(35)15-22(34)16-25(28)36)37-30(44-32)20-10-12-21(33)13-11-20/h3-13,15-16,32H,14,17H2,1-2H3. The Bertz CT molecular complexity index is 1710. The lowest BCUT2D eigenvalue weighted by molar-refractivity contribution is -0.139. The summed E-state index contributed by atoms with van der Waals surface area (Å²) in [5.41, 5.74) is 1.43. The number of halogens is 4. The van der Waals surface area contributed by atoms with Gasteiger partial charge < -0.3 is 14.2 Å². The Morgan fingerprint density at radius 2 is 1.52 bits per heavy atom. The predicted molar refractivity (Wildman–Crippen MR) is 155 cm³/mol. The molecule has 0 saturated carbocycles. The maximum atomic E-state index is 14.7. The highest BCUT2D eigenvalue weighted by Crippen LogP contribution is 2.48. The molecule has 12 heteroatoms. The quantitative estimate of drug-likeness (QED) is 0.151. The fraction of sp³-hybridized carbons (Fsp3) is 0.156. The van der Waals surface area contributed by atoms with Crippen LogP contribution in [-0.2, 0) is 22.6 Å². The molecule has 5 rings (SSSR count). The van der Waals surface area contributed by atoms with Crippen LogP contribution in [-0.4, -0.2) is 36.1 Å². The van der Waals surface area contributed by atoms with Gasteiger partial charge in [-0.2, -0.15) is 5.10 Å². The molecule has 1 heterocycles. The van der Waals surface area contributed by atoms with Gasteiger partial charge >= 0.3 is 5.97 Å². The Morgan fingerprint density at radius 3 is 2.16 bits per heavy atom. The van der Waals surface area contributed by atoms with Crippen LogP contribution in [0.15, 0.2) is 84.0 Å². The van der Waals surface area contributed by atoms with Crippen LogP contribution in [0.5, 0.6) is 11.5 Å². The molecule has 0 spiro atoms. The SMILES string of the molecule is COC(=O)Cc1ccc(COc2cccc(C3SC(c4ccc(F)cc4)=NN3C(=O)c3c(F)cc(F)cc3F)c2OC)cc1. The molecule has 1 unspecified atom stereocenters. The Labute approximate surface area is 254 Å². The number of hydrogen-bond acceptors (Lipinski definition) is 7. The van der Waals surface area contributed by atoms with Gasteiger partial charge in [0.2, 0.25) is 0 Å². The van der Waals surface area contributed by atoms with E-state index in [1.54, 1.807) is 42.5 Å². The Hall–Kier alpha value is -4.84. The maximum Gasteiger partial charge on any atom is 0.309 e. The third-order valence-electron chi connectivity index (χ3n) is 6.64. The first-order chi connectivity index (χ1) is 21.2. The van der Waals surface area contributed by atoms with Crippen molar-refractivity contribution < 1.29 is 41.4 Å². The molecule has 1 aliphatic heterocycles. The molecule has 0 N–H and O–H groups in total. The molecule has 44 heavy (non-hydrogen) atoms. The number of ether oxygens (including phenoxy) is 3. The third kappa shape index (κ3) is 6.55. The first kappa shape index (κ1) is 30.6. The zero-order chi connectivity index (χ0) is 31.4. The van der Waals surface area contributed by atoms with E-state index in [4.69, 9.17) is 9.47 Å². The van der Waals surface area contributed by atoms with Crippen molar-refractivity contribution in [2.24, 2.45) is 5.10 Å². The summed E-state index contributed by atoms with van der Waals surface area (Å²) >= 11 is 1.07. The van der Waals surface area contributed by atoms with Gasteiger partial charge in [0, 0.05) is 23.3 Å². The lowest BCUT2D eigenvalue weighted by Gasteiger charge is -2.24. The molecule has 7 nitrogen and oxygen atoms in total. The monoisotopic (exact) mass is 624 g/mol. The van der Waals surface area contributed by atoms with Gasteiger partial charge in [-0.3, -0.25) is 9.59 Å². The van der Waals surface area contributed by atoms with Gasteiger partial charge in [-0.1, -0.05) is 48.2 Å². The molecular weight excluding hydrogens is 600 g/mol. The molecular formula is C32H24F4N2O5S. The highest BCUT2D eigenvalue weighted by atomic mass is 32.2. The minimum atomic E-state index is -1.39. The van der Waals surface area contributed by atoms with Crippen molar-refractivity contribution in [2.75, 3.05) is 14.2 Å². The number of hydrazone groups is 1. The molecule has 0 fully saturated rings. The number of para-hydroxylation sites is 1. The van der Waals surface area contributed by atoms with Crippen LogP contribution in [0.4, 0.5) is 17.6 Å². The summed E-state index contributed by atoms with van der Waals surface area (Å²) in [6, 6.07) is 18.3. The molecule has 1 atom stereocenters. The van der Waals surface area contributed by atoms with E-state index in [1.807, 2.05) is 0 Å². The van der Waals surface area contributed by atoms with Gasteiger partial charge in [-0.05, 0) is 41.5 Å². The second kappa shape index (κ2) is 13.2. The molecule has 226 valence electrons. The van der Waals surface area contributed by atoms with Crippen molar-refractivity contribution in [1.29, 1.82) is 0 Å². The highest BCUT2D eigenvalue weighted by Gasteiger charge is 2.39. The zero-order valence-corrected chi connectivity index (χ0v) is 24.2. The van der Waals surface area contributed by atoms with Gasteiger partial charge in [-0.25, -0.2) is 22.6 Å². The summed E-state index contributed by atoms with van der Waals surface area (Å²) in [4.78, 5) is 25.1. The van der Waals surface area contributed by atoms with Crippen LogP contribution in [0.2, 0.25) is 0 Å². The molecule has 1 amide bonds. The van der Waals surface area contributed by atoms with Gasteiger partial charge in [0.1, 0.15) is 45.9 Å². The highest BCUT2D eigenvalue weighted by molar-refractivity contribution is 8.14. The van der Waals surface area contributed by atoms with Crippen LogP contribution >= 0.6 is 11.8 Å². The predicted octanol–water partition coefficient (Wildman–Crippen LogP) is 6.80. The molecule has 4 aromatic carbocycles. The lowest BCUT2D eigenvalue weighted by Crippen LogP contribution is -2.28. The maximum absolute atomic E-state index is 14.7. The van der Waals surface area contributed by atoms with E-state index in [2.05, 4.69) is 9.84 Å². The Balaban J connectivity index is 1.47. The van der Waals surface area contributed by atoms with Crippen molar-refractivity contribution in [3.63, 3.8) is 0 Å². The van der Waals surface area contributed by atoms with Crippen molar-refractivity contribution in [3.8, 4) is 11.5 Å². The molecule has 0 bridgehead atoms. The molecule has 0 aliphatic carbocycles. The van der Waals surface area contributed by atoms with E-state index in [0.29, 0.717) is 29.0 Å². The summed E-state index contributed by atoms with van der Waals surface area (Å²) in [6.07, 6.45) is 0.134. The second-order valence-electron chi connectivity index (χ2n) is 9.51. The molecule has 4 aromatic rings. The minimum absolute atomic E-state index is 0.127. The average molecular weight is 625 g/mol. The smallest absolute Gasteiger partial charge is 0.309 e. The molecule has 1 aliphatic rings. The lowest BCUT2D eigenvalue weighted by atomic mass is 10.1. The summed E-state index contributed by atoms with van der Waals surface area (Å²) in [5.74, 6) is -5.40. The number of thioether (sulfide) groups is 1. The van der Waals surface area contributed by atoms with Crippen LogP contribution in [0.3, 0.4) is 0 Å². The average Bonchev–Trinajstić information content (AvgIpc) is 3.45. The fourth-order valence-corrected chi connectivity index (χ4v) is 5.64. The summed E-state index contributed by atoms with van der Waals surface area (Å²) in [5, 5.41) is 4.50. The van der Waals surface area contributed by atoms with Crippen LogP contribution in [0.25, 0.3) is 0 Å². The van der Waals surface area contributed by atoms with Crippen molar-refractivity contribution in [2.45, 2.75) is 18.4 Å². The Kier molecular flexibility index (Phi) is 9.19. The second-order valence-corrected chi connectivity index (χ2v) is 10.6. The van der Waals surface area contributed by atoms with E-state index in [0.717, 1.165) is 27.9 Å². The fourth-order valence-electron chi connectivity index (χ4n) is 4.47. The number of esters is 1. The van der Waals surface area contributed by atoms with Gasteiger partial charge in [-0.15, -0.1) is 0 Å². The minimum Gasteiger partial charge on any atom is -0.492 e. The number of carbonyl (C=O) groups excluding carboxylic acids is 2. The van der Waals surface area contributed by atoms with E-state index < -0.39 is 40.1 Å². The topological polar surface area (TPSA) is 77.4 Å². The number of carbonyl (C=O) groups is 2. The van der Waals surface area contributed by atoms with E-state index in [9.17, 15) is 27.2 Å². The third-order valence-corrected chi connectivity index (χ3v) is 7.85. The number of amides is 1. The van der Waals surface area contributed by atoms with E-state index in [-0.39, 0.29) is 29.8 Å². The van der Waals surface area contributed by atoms with E-state index >= 15 is 0 Å². The normalized spacial score (nSPS) is 14.3. The number of hydrogen-bond donors (Lipinski definition) is 0. The molecule has 0 saturated heterocycles. The number of rotatable bonds is 9.